The zero-order valence-corrected chi connectivity index (χ0v) is 14.4. The van der Waals surface area contributed by atoms with Gasteiger partial charge in [-0.2, -0.15) is 0 Å². The molecule has 0 bridgehead atoms. The Labute approximate surface area is 150 Å². The van der Waals surface area contributed by atoms with Gasteiger partial charge in [0.25, 0.3) is 0 Å². The molecule has 0 aliphatic carbocycles. The average molecular weight is 346 g/mol. The molecule has 0 atom stereocenters. The number of carbonyl (C=O) groups is 1. The molecule has 0 aliphatic rings. The molecule has 4 heteroatoms. The number of benzene rings is 2. The highest BCUT2D eigenvalue weighted by molar-refractivity contribution is 5.93. The number of carboxylic acid groups (broad SMARTS) is 1. The van der Waals surface area contributed by atoms with Crippen molar-refractivity contribution in [3.63, 3.8) is 0 Å². The minimum Gasteiger partial charge on any atom is -0.478 e. The predicted molar refractivity (Wildman–Crippen MR) is 103 cm³/mol. The predicted octanol–water partition coefficient (Wildman–Crippen LogP) is 4.70. The van der Waals surface area contributed by atoms with Gasteiger partial charge >= 0.3 is 5.97 Å². The third kappa shape index (κ3) is 3.49. The van der Waals surface area contributed by atoms with Crippen LogP contribution in [0, 0.1) is 6.92 Å². The fourth-order valence-corrected chi connectivity index (χ4v) is 2.80. The van der Waals surface area contributed by atoms with Crippen LogP contribution in [-0.2, 0) is 6.42 Å². The summed E-state index contributed by atoms with van der Waals surface area (Å²) in [5.74, 6) is -0.632. The summed E-state index contributed by atoms with van der Waals surface area (Å²) in [6.45, 7) is 5.71. The molecule has 0 fully saturated rings. The molecular formula is C22H18O4. The lowest BCUT2D eigenvalue weighted by atomic mass is 10.0. The fraction of sp³-hybridized carbons (Fsp3) is 0.0909. The molecule has 0 amide bonds. The van der Waals surface area contributed by atoms with Crippen LogP contribution in [0.25, 0.3) is 23.1 Å². The zero-order chi connectivity index (χ0) is 18.7. The molecule has 0 unspecified atom stereocenters. The number of hydrogen-bond donors (Lipinski definition) is 1. The topological polar surface area (TPSA) is 67.5 Å². The van der Waals surface area contributed by atoms with Gasteiger partial charge in [0.05, 0.1) is 10.9 Å². The van der Waals surface area contributed by atoms with Crippen molar-refractivity contribution in [2.45, 2.75) is 13.3 Å². The Balaban J connectivity index is 2.16. The molecule has 4 nitrogen and oxygen atoms in total. The van der Waals surface area contributed by atoms with Crippen molar-refractivity contribution in [1.82, 2.24) is 0 Å². The molecule has 1 N–H and O–H groups in total. The maximum Gasteiger partial charge on any atom is 0.335 e. The Hall–Kier alpha value is -3.40. The third-order valence-corrected chi connectivity index (χ3v) is 4.08. The van der Waals surface area contributed by atoms with Crippen LogP contribution in [0.15, 0.2) is 64.3 Å². The standard InChI is InChI=1S/C22H18O4/c1-3-5-17-19(10-8-15-7-4-6-14(2)12-15)26-20-11-9-16(22(24)25)13-18(20)21(17)23/h3-4,6-13H,1,5H2,2H3,(H,24,25)/b10-8+. The molecule has 0 saturated carbocycles. The Morgan fingerprint density at radius 3 is 2.69 bits per heavy atom. The van der Waals surface area contributed by atoms with Gasteiger partial charge in [-0.05, 0) is 43.2 Å². The van der Waals surface area contributed by atoms with E-state index in [0.29, 0.717) is 23.3 Å². The molecule has 0 aliphatic heterocycles. The number of fused-ring (bicyclic) bond motifs is 1. The molecule has 26 heavy (non-hydrogen) atoms. The zero-order valence-electron chi connectivity index (χ0n) is 14.4. The summed E-state index contributed by atoms with van der Waals surface area (Å²) in [6, 6.07) is 12.3. The Morgan fingerprint density at radius 2 is 2.00 bits per heavy atom. The Morgan fingerprint density at radius 1 is 1.19 bits per heavy atom. The first-order chi connectivity index (χ1) is 12.5. The molecule has 130 valence electrons. The first-order valence-electron chi connectivity index (χ1n) is 8.18. The summed E-state index contributed by atoms with van der Waals surface area (Å²) in [7, 11) is 0. The van der Waals surface area contributed by atoms with Crippen LogP contribution in [-0.4, -0.2) is 11.1 Å². The number of carboxylic acids is 1. The van der Waals surface area contributed by atoms with E-state index in [4.69, 9.17) is 9.52 Å². The highest BCUT2D eigenvalue weighted by Crippen LogP contribution is 2.20. The molecule has 2 aromatic carbocycles. The highest BCUT2D eigenvalue weighted by atomic mass is 16.4. The lowest BCUT2D eigenvalue weighted by Crippen LogP contribution is -2.11. The second-order valence-electron chi connectivity index (χ2n) is 6.03. The van der Waals surface area contributed by atoms with Gasteiger partial charge in [-0.25, -0.2) is 4.79 Å². The van der Waals surface area contributed by atoms with Crippen LogP contribution in [0.1, 0.15) is 32.8 Å². The summed E-state index contributed by atoms with van der Waals surface area (Å²) >= 11 is 0. The minimum atomic E-state index is -1.08. The number of allylic oxidation sites excluding steroid dienone is 1. The van der Waals surface area contributed by atoms with Gasteiger partial charge in [0.15, 0.2) is 5.43 Å². The van der Waals surface area contributed by atoms with Gasteiger partial charge in [0.1, 0.15) is 11.3 Å². The maximum absolute atomic E-state index is 12.8. The van der Waals surface area contributed by atoms with Crippen molar-refractivity contribution in [3.8, 4) is 0 Å². The quantitative estimate of drug-likeness (QED) is 0.680. The SMILES string of the molecule is C=CCc1c(/C=C/c2cccc(C)c2)oc2ccc(C(=O)O)cc2c1=O. The van der Waals surface area contributed by atoms with Crippen LogP contribution in [0.5, 0.6) is 0 Å². The number of aryl methyl sites for hydroxylation is 1. The number of hydrogen-bond acceptors (Lipinski definition) is 3. The lowest BCUT2D eigenvalue weighted by molar-refractivity contribution is 0.0697. The largest absolute Gasteiger partial charge is 0.478 e. The van der Waals surface area contributed by atoms with Gasteiger partial charge in [-0.1, -0.05) is 42.0 Å². The fourth-order valence-electron chi connectivity index (χ4n) is 2.80. The van der Waals surface area contributed by atoms with E-state index >= 15 is 0 Å². The van der Waals surface area contributed by atoms with Crippen molar-refractivity contribution in [1.29, 1.82) is 0 Å². The van der Waals surface area contributed by atoms with E-state index in [2.05, 4.69) is 6.58 Å². The van der Waals surface area contributed by atoms with Crippen LogP contribution < -0.4 is 5.43 Å². The van der Waals surface area contributed by atoms with E-state index in [0.717, 1.165) is 11.1 Å². The van der Waals surface area contributed by atoms with Crippen molar-refractivity contribution in [2.24, 2.45) is 0 Å². The number of aromatic carboxylic acids is 1. The van der Waals surface area contributed by atoms with E-state index in [-0.39, 0.29) is 16.4 Å². The van der Waals surface area contributed by atoms with Crippen LogP contribution >= 0.6 is 0 Å². The van der Waals surface area contributed by atoms with Gasteiger partial charge < -0.3 is 9.52 Å². The molecule has 0 spiro atoms. The van der Waals surface area contributed by atoms with E-state index in [9.17, 15) is 9.59 Å². The summed E-state index contributed by atoms with van der Waals surface area (Å²) < 4.78 is 5.89. The van der Waals surface area contributed by atoms with Crippen molar-refractivity contribution >= 4 is 29.1 Å². The van der Waals surface area contributed by atoms with Gasteiger partial charge in [-0.15, -0.1) is 6.58 Å². The molecule has 0 saturated heterocycles. The van der Waals surface area contributed by atoms with Crippen molar-refractivity contribution in [3.05, 3.63) is 93.4 Å². The normalized spacial score (nSPS) is 11.1. The van der Waals surface area contributed by atoms with E-state index in [1.54, 1.807) is 12.2 Å². The van der Waals surface area contributed by atoms with Crippen molar-refractivity contribution in [2.75, 3.05) is 0 Å². The number of rotatable bonds is 5. The van der Waals surface area contributed by atoms with E-state index in [1.165, 1.54) is 18.2 Å². The van der Waals surface area contributed by atoms with E-state index in [1.807, 2.05) is 37.3 Å². The summed E-state index contributed by atoms with van der Waals surface area (Å²) in [4.78, 5) is 24.0. The molecule has 3 rings (SSSR count). The summed E-state index contributed by atoms with van der Waals surface area (Å²) in [5, 5.41) is 9.39. The first-order valence-corrected chi connectivity index (χ1v) is 8.18. The molecule has 1 heterocycles. The van der Waals surface area contributed by atoms with Crippen LogP contribution in [0.3, 0.4) is 0 Å². The third-order valence-electron chi connectivity index (χ3n) is 4.08. The molecule has 3 aromatic rings. The molecular weight excluding hydrogens is 328 g/mol. The summed E-state index contributed by atoms with van der Waals surface area (Å²) in [6.07, 6.45) is 5.61. The Bertz CT molecular complexity index is 1090. The Kier molecular flexibility index (Phi) is 4.85. The minimum absolute atomic E-state index is 0.0532. The second-order valence-corrected chi connectivity index (χ2v) is 6.03. The average Bonchev–Trinajstić information content (AvgIpc) is 2.62. The van der Waals surface area contributed by atoms with Gasteiger partial charge in [0.2, 0.25) is 0 Å². The van der Waals surface area contributed by atoms with E-state index < -0.39 is 5.97 Å². The highest BCUT2D eigenvalue weighted by Gasteiger charge is 2.14. The lowest BCUT2D eigenvalue weighted by Gasteiger charge is -2.06. The molecule has 0 radical (unpaired) electrons. The van der Waals surface area contributed by atoms with Gasteiger partial charge in [-0.3, -0.25) is 4.79 Å². The van der Waals surface area contributed by atoms with Crippen molar-refractivity contribution < 1.29 is 14.3 Å². The smallest absolute Gasteiger partial charge is 0.335 e. The van der Waals surface area contributed by atoms with Gasteiger partial charge in [0, 0.05) is 5.56 Å². The first kappa shape index (κ1) is 17.4. The maximum atomic E-state index is 12.8. The van der Waals surface area contributed by atoms with Crippen LogP contribution in [0.2, 0.25) is 0 Å². The molecule has 1 aromatic heterocycles. The van der Waals surface area contributed by atoms with Crippen LogP contribution in [0.4, 0.5) is 0 Å². The monoisotopic (exact) mass is 346 g/mol. The second kappa shape index (κ2) is 7.23. The summed E-state index contributed by atoms with van der Waals surface area (Å²) in [5.41, 5.74) is 2.77.